The van der Waals surface area contributed by atoms with Gasteiger partial charge in [0.15, 0.2) is 0 Å². The number of ether oxygens (including phenoxy) is 1. The van der Waals surface area contributed by atoms with E-state index in [2.05, 4.69) is 4.98 Å². The van der Waals surface area contributed by atoms with Crippen molar-refractivity contribution in [3.63, 3.8) is 0 Å². The van der Waals surface area contributed by atoms with E-state index in [1.165, 1.54) is 29.3 Å². The van der Waals surface area contributed by atoms with Crippen LogP contribution in [-0.2, 0) is 29.0 Å². The lowest BCUT2D eigenvalue weighted by atomic mass is 9.77. The van der Waals surface area contributed by atoms with Crippen LogP contribution in [0.1, 0.15) is 30.2 Å². The second-order valence-electron chi connectivity index (χ2n) is 6.55. The number of esters is 1. The first-order chi connectivity index (χ1) is 13.0. The van der Waals surface area contributed by atoms with Crippen LogP contribution in [0.25, 0.3) is 11.3 Å². The highest BCUT2D eigenvalue weighted by Crippen LogP contribution is 2.24. The van der Waals surface area contributed by atoms with E-state index in [0.717, 1.165) is 25.0 Å². The molecule has 138 valence electrons. The minimum absolute atomic E-state index is 0.130. The van der Waals surface area contributed by atoms with Crippen LogP contribution in [0.3, 0.4) is 0 Å². The molecule has 0 atom stereocenters. The Morgan fingerprint density at radius 1 is 1.33 bits per heavy atom. The maximum absolute atomic E-state index is 13.1. The van der Waals surface area contributed by atoms with Gasteiger partial charge in [0.1, 0.15) is 17.9 Å². The average molecular weight is 367 g/mol. The molecule has 0 aromatic carbocycles. The lowest BCUT2D eigenvalue weighted by Gasteiger charge is -2.15. The van der Waals surface area contributed by atoms with Crippen molar-refractivity contribution in [3.8, 4) is 5.82 Å². The Morgan fingerprint density at radius 2 is 2.15 bits per heavy atom. The third kappa shape index (κ3) is 2.94. The molecule has 3 heterocycles. The molecule has 3 aromatic rings. The highest BCUT2D eigenvalue weighted by atomic mass is 16.5. The highest BCUT2D eigenvalue weighted by molar-refractivity contribution is 6.59. The fourth-order valence-electron chi connectivity index (χ4n) is 3.65. The molecular formula is C18H18BN3O5. The summed E-state index contributed by atoms with van der Waals surface area (Å²) < 4.78 is 8.28. The molecule has 0 amide bonds. The van der Waals surface area contributed by atoms with Crippen molar-refractivity contribution < 1.29 is 19.6 Å². The predicted molar refractivity (Wildman–Crippen MR) is 98.1 cm³/mol. The Labute approximate surface area is 154 Å². The van der Waals surface area contributed by atoms with Gasteiger partial charge in [-0.3, -0.25) is 14.2 Å². The van der Waals surface area contributed by atoms with E-state index >= 15 is 0 Å². The molecule has 9 heteroatoms. The quantitative estimate of drug-likeness (QED) is 0.485. The normalized spacial score (nSPS) is 13.0. The molecule has 2 N–H and O–H groups in total. The summed E-state index contributed by atoms with van der Waals surface area (Å²) >= 11 is 0. The zero-order chi connectivity index (χ0) is 19.1. The largest absolute Gasteiger partial charge is 0.489 e. The molecule has 27 heavy (non-hydrogen) atoms. The van der Waals surface area contributed by atoms with E-state index in [-0.39, 0.29) is 29.0 Å². The van der Waals surface area contributed by atoms with Crippen LogP contribution in [0.5, 0.6) is 0 Å². The molecule has 0 bridgehead atoms. The van der Waals surface area contributed by atoms with Crippen molar-refractivity contribution in [1.82, 2.24) is 14.0 Å². The number of nitrogens with zero attached hydrogens (tertiary/aromatic N) is 3. The smallest absolute Gasteiger partial charge is 0.461 e. The fraction of sp³-hybridized carbons (Fsp3) is 0.278. The SMILES string of the molecule is CC(=O)OCc1c(B(O)O)ccnc1-n1ccn2c3c(cc2c1=O)CCC3. The molecule has 1 aliphatic carbocycles. The van der Waals surface area contributed by atoms with Crippen molar-refractivity contribution in [2.75, 3.05) is 0 Å². The highest BCUT2D eigenvalue weighted by Gasteiger charge is 2.23. The fourth-order valence-corrected chi connectivity index (χ4v) is 3.65. The number of pyridine rings is 1. The number of fused-ring (bicyclic) bond motifs is 3. The van der Waals surface area contributed by atoms with Gasteiger partial charge in [0, 0.05) is 36.8 Å². The van der Waals surface area contributed by atoms with Crippen LogP contribution in [-0.4, -0.2) is 37.1 Å². The Bertz CT molecular complexity index is 1100. The van der Waals surface area contributed by atoms with E-state index in [4.69, 9.17) is 4.74 Å². The molecule has 0 radical (unpaired) electrons. The van der Waals surface area contributed by atoms with Crippen LogP contribution < -0.4 is 11.0 Å². The van der Waals surface area contributed by atoms with Gasteiger partial charge in [-0.25, -0.2) is 4.98 Å². The van der Waals surface area contributed by atoms with E-state index < -0.39 is 13.1 Å². The van der Waals surface area contributed by atoms with E-state index in [1.54, 1.807) is 12.4 Å². The van der Waals surface area contributed by atoms with Gasteiger partial charge in [0.25, 0.3) is 5.56 Å². The Morgan fingerprint density at radius 3 is 2.89 bits per heavy atom. The molecule has 0 saturated carbocycles. The third-order valence-electron chi connectivity index (χ3n) is 4.89. The van der Waals surface area contributed by atoms with Gasteiger partial charge in [0.2, 0.25) is 0 Å². The zero-order valence-corrected chi connectivity index (χ0v) is 14.8. The minimum Gasteiger partial charge on any atom is -0.461 e. The molecule has 4 rings (SSSR count). The molecule has 0 fully saturated rings. The summed E-state index contributed by atoms with van der Waals surface area (Å²) in [5.74, 6) is -0.315. The summed E-state index contributed by atoms with van der Waals surface area (Å²) in [6.45, 7) is 1.03. The third-order valence-corrected chi connectivity index (χ3v) is 4.89. The topological polar surface area (TPSA) is 106 Å². The first-order valence-electron chi connectivity index (χ1n) is 8.69. The number of hydrogen-bond acceptors (Lipinski definition) is 6. The number of aryl methyl sites for hydroxylation is 2. The molecule has 1 aliphatic rings. The lowest BCUT2D eigenvalue weighted by molar-refractivity contribution is -0.142. The molecule has 8 nitrogen and oxygen atoms in total. The number of aromatic nitrogens is 3. The molecule has 0 aliphatic heterocycles. The first kappa shape index (κ1) is 17.5. The summed E-state index contributed by atoms with van der Waals surface area (Å²) in [5.41, 5.74) is 3.00. The average Bonchev–Trinajstić information content (AvgIpc) is 3.22. The van der Waals surface area contributed by atoms with Crippen molar-refractivity contribution >= 4 is 24.1 Å². The standard InChI is InChI=1S/C18H18BN3O5/c1-11(23)27-10-13-14(19(25)26)5-6-20-17(13)22-8-7-21-15-4-2-3-12(15)9-16(21)18(22)24/h5-9,25-26H,2-4,10H2,1H3. The summed E-state index contributed by atoms with van der Waals surface area (Å²) in [6.07, 6.45) is 7.77. The second kappa shape index (κ2) is 6.68. The van der Waals surface area contributed by atoms with Gasteiger partial charge in [-0.15, -0.1) is 0 Å². The Kier molecular flexibility index (Phi) is 4.33. The van der Waals surface area contributed by atoms with Crippen LogP contribution in [0.2, 0.25) is 0 Å². The van der Waals surface area contributed by atoms with Crippen molar-refractivity contribution in [3.05, 3.63) is 57.9 Å². The second-order valence-corrected chi connectivity index (χ2v) is 6.55. The number of hydrogen-bond donors (Lipinski definition) is 2. The lowest BCUT2D eigenvalue weighted by Crippen LogP contribution is -2.36. The summed E-state index contributed by atoms with van der Waals surface area (Å²) in [4.78, 5) is 28.5. The molecule has 0 unspecified atom stereocenters. The summed E-state index contributed by atoms with van der Waals surface area (Å²) in [5, 5.41) is 19.3. The number of carbonyl (C=O) groups excluding carboxylic acids is 1. The molecule has 0 spiro atoms. The van der Waals surface area contributed by atoms with Crippen molar-refractivity contribution in [1.29, 1.82) is 0 Å². The summed E-state index contributed by atoms with van der Waals surface area (Å²) in [6, 6.07) is 3.32. The van der Waals surface area contributed by atoms with E-state index in [1.807, 2.05) is 10.5 Å². The maximum Gasteiger partial charge on any atom is 0.489 e. The van der Waals surface area contributed by atoms with Crippen LogP contribution in [0.15, 0.2) is 35.5 Å². The molecule has 0 saturated heterocycles. The van der Waals surface area contributed by atoms with Crippen LogP contribution in [0, 0.1) is 0 Å². The van der Waals surface area contributed by atoms with Crippen LogP contribution >= 0.6 is 0 Å². The van der Waals surface area contributed by atoms with Crippen molar-refractivity contribution in [2.24, 2.45) is 0 Å². The van der Waals surface area contributed by atoms with Gasteiger partial charge < -0.3 is 19.2 Å². The van der Waals surface area contributed by atoms with Gasteiger partial charge >= 0.3 is 13.1 Å². The summed E-state index contributed by atoms with van der Waals surface area (Å²) in [7, 11) is -1.78. The molecular weight excluding hydrogens is 349 g/mol. The van der Waals surface area contributed by atoms with Gasteiger partial charge in [-0.05, 0) is 42.4 Å². The van der Waals surface area contributed by atoms with E-state index in [9.17, 15) is 19.6 Å². The predicted octanol–water partition coefficient (Wildman–Crippen LogP) is -0.283. The van der Waals surface area contributed by atoms with Crippen LogP contribution in [0.4, 0.5) is 0 Å². The monoisotopic (exact) mass is 367 g/mol. The Hall–Kier alpha value is -2.91. The van der Waals surface area contributed by atoms with E-state index in [0.29, 0.717) is 5.52 Å². The first-order valence-corrected chi connectivity index (χ1v) is 8.69. The minimum atomic E-state index is -1.78. The number of rotatable bonds is 4. The van der Waals surface area contributed by atoms with Gasteiger partial charge in [-0.2, -0.15) is 0 Å². The number of carbonyl (C=O) groups is 1. The van der Waals surface area contributed by atoms with Gasteiger partial charge in [0.05, 0.1) is 0 Å². The zero-order valence-electron chi connectivity index (χ0n) is 14.8. The molecule has 3 aromatic heterocycles. The van der Waals surface area contributed by atoms with Gasteiger partial charge in [-0.1, -0.05) is 0 Å². The van der Waals surface area contributed by atoms with Crippen molar-refractivity contribution in [2.45, 2.75) is 32.8 Å². The Balaban J connectivity index is 1.90. The maximum atomic E-state index is 13.1.